The number of alkyl halides is 2. The minimum atomic E-state index is -2.80. The van der Waals surface area contributed by atoms with Crippen LogP contribution in [0.3, 0.4) is 0 Å². The van der Waals surface area contributed by atoms with Crippen molar-refractivity contribution in [2.45, 2.75) is 32.1 Å². The summed E-state index contributed by atoms with van der Waals surface area (Å²) in [6.07, 6.45) is 1.92. The zero-order chi connectivity index (χ0) is 11.8. The largest absolute Gasteiger partial charge is 0.330 e. The molecule has 16 heavy (non-hydrogen) atoms. The van der Waals surface area contributed by atoms with Crippen molar-refractivity contribution in [1.82, 2.24) is 0 Å². The van der Waals surface area contributed by atoms with Crippen molar-refractivity contribution in [3.05, 3.63) is 35.4 Å². The fourth-order valence-corrected chi connectivity index (χ4v) is 2.32. The van der Waals surface area contributed by atoms with E-state index >= 15 is 0 Å². The molecule has 0 unspecified atom stereocenters. The van der Waals surface area contributed by atoms with Crippen molar-refractivity contribution in [3.63, 3.8) is 0 Å². The molecular weight excluding hydrogens is 208 g/mol. The summed E-state index contributed by atoms with van der Waals surface area (Å²) < 4.78 is 28.6. The van der Waals surface area contributed by atoms with Crippen LogP contribution in [0, 0.1) is 12.3 Å². The molecule has 0 aliphatic heterocycles. The van der Waals surface area contributed by atoms with E-state index < -0.39 is 11.3 Å². The maximum absolute atomic E-state index is 14.3. The van der Waals surface area contributed by atoms with Gasteiger partial charge in [-0.3, -0.25) is 0 Å². The second-order valence-electron chi connectivity index (χ2n) is 4.78. The number of hydrogen-bond acceptors (Lipinski definition) is 1. The second kappa shape index (κ2) is 3.81. The number of benzene rings is 1. The number of rotatable bonds is 3. The van der Waals surface area contributed by atoms with Crippen LogP contribution in [-0.4, -0.2) is 6.54 Å². The molecule has 2 rings (SSSR count). The first kappa shape index (κ1) is 11.5. The van der Waals surface area contributed by atoms with Crippen molar-refractivity contribution < 1.29 is 8.78 Å². The molecule has 2 N–H and O–H groups in total. The molecule has 1 aliphatic carbocycles. The summed E-state index contributed by atoms with van der Waals surface area (Å²) in [7, 11) is 0. The van der Waals surface area contributed by atoms with E-state index in [9.17, 15) is 8.78 Å². The Morgan fingerprint density at radius 3 is 2.19 bits per heavy atom. The third kappa shape index (κ3) is 1.54. The van der Waals surface area contributed by atoms with Gasteiger partial charge in [0, 0.05) is 12.1 Å². The van der Waals surface area contributed by atoms with Gasteiger partial charge in [-0.05, 0) is 19.8 Å². The molecule has 0 aromatic heterocycles. The van der Waals surface area contributed by atoms with Gasteiger partial charge in [0.15, 0.2) is 0 Å². The molecule has 0 heterocycles. The summed E-state index contributed by atoms with van der Waals surface area (Å²) in [6, 6.07) is 6.49. The summed E-state index contributed by atoms with van der Waals surface area (Å²) in [4.78, 5) is 0. The van der Waals surface area contributed by atoms with Gasteiger partial charge in [-0.25, -0.2) is 8.78 Å². The molecule has 1 aromatic rings. The summed E-state index contributed by atoms with van der Waals surface area (Å²) in [5.41, 5.74) is 5.64. The standard InChI is InChI=1S/C13H17F2N/c1-10-3-5-11(6-4-10)13(14,15)12(9-16)7-2-8-12/h3-6H,2,7-9,16H2,1H3. The quantitative estimate of drug-likeness (QED) is 0.839. The first-order valence-electron chi connectivity index (χ1n) is 5.67. The van der Waals surface area contributed by atoms with Gasteiger partial charge in [0.1, 0.15) is 0 Å². The van der Waals surface area contributed by atoms with Gasteiger partial charge in [0.25, 0.3) is 5.92 Å². The van der Waals surface area contributed by atoms with E-state index in [-0.39, 0.29) is 12.1 Å². The lowest BCUT2D eigenvalue weighted by Gasteiger charge is -2.46. The highest BCUT2D eigenvalue weighted by molar-refractivity contribution is 5.27. The maximum Gasteiger partial charge on any atom is 0.279 e. The molecule has 1 nitrogen and oxygen atoms in total. The van der Waals surface area contributed by atoms with Crippen molar-refractivity contribution >= 4 is 0 Å². The Morgan fingerprint density at radius 2 is 1.81 bits per heavy atom. The van der Waals surface area contributed by atoms with E-state index in [4.69, 9.17) is 5.73 Å². The zero-order valence-electron chi connectivity index (χ0n) is 9.47. The molecule has 1 aliphatic rings. The first-order valence-corrected chi connectivity index (χ1v) is 5.67. The maximum atomic E-state index is 14.3. The molecule has 0 radical (unpaired) electrons. The molecule has 0 bridgehead atoms. The molecule has 0 spiro atoms. The Labute approximate surface area is 94.7 Å². The van der Waals surface area contributed by atoms with Crippen LogP contribution in [0.15, 0.2) is 24.3 Å². The van der Waals surface area contributed by atoms with Crippen LogP contribution in [0.25, 0.3) is 0 Å². The highest BCUT2D eigenvalue weighted by atomic mass is 19.3. The Kier molecular flexibility index (Phi) is 2.74. The normalized spacial score (nSPS) is 19.2. The van der Waals surface area contributed by atoms with Crippen molar-refractivity contribution in [3.8, 4) is 0 Å². The van der Waals surface area contributed by atoms with Crippen LogP contribution in [-0.2, 0) is 5.92 Å². The third-order valence-electron chi connectivity index (χ3n) is 3.78. The average Bonchev–Trinajstić information content (AvgIpc) is 2.17. The molecule has 1 fully saturated rings. The van der Waals surface area contributed by atoms with Gasteiger partial charge >= 0.3 is 0 Å². The number of halogens is 2. The van der Waals surface area contributed by atoms with Gasteiger partial charge in [0.2, 0.25) is 0 Å². The van der Waals surface area contributed by atoms with E-state index in [2.05, 4.69) is 0 Å². The zero-order valence-corrected chi connectivity index (χ0v) is 9.47. The topological polar surface area (TPSA) is 26.0 Å². The fraction of sp³-hybridized carbons (Fsp3) is 0.538. The number of nitrogens with two attached hydrogens (primary N) is 1. The van der Waals surface area contributed by atoms with Gasteiger partial charge in [-0.15, -0.1) is 0 Å². The lowest BCUT2D eigenvalue weighted by molar-refractivity contribution is -0.164. The summed E-state index contributed by atoms with van der Waals surface area (Å²) in [5.74, 6) is -2.80. The smallest absolute Gasteiger partial charge is 0.279 e. The Hall–Kier alpha value is -0.960. The van der Waals surface area contributed by atoms with E-state index in [1.54, 1.807) is 12.1 Å². The van der Waals surface area contributed by atoms with E-state index in [0.29, 0.717) is 12.8 Å². The van der Waals surface area contributed by atoms with Crippen LogP contribution >= 0.6 is 0 Å². The fourth-order valence-electron chi connectivity index (χ4n) is 2.32. The van der Waals surface area contributed by atoms with Gasteiger partial charge < -0.3 is 5.73 Å². The lowest BCUT2D eigenvalue weighted by atomic mass is 9.63. The Morgan fingerprint density at radius 1 is 1.25 bits per heavy atom. The van der Waals surface area contributed by atoms with Gasteiger partial charge in [0.05, 0.1) is 5.41 Å². The first-order chi connectivity index (χ1) is 7.52. The lowest BCUT2D eigenvalue weighted by Crippen LogP contribution is -2.49. The Bertz CT molecular complexity index is 361. The molecule has 0 amide bonds. The van der Waals surface area contributed by atoms with Crippen molar-refractivity contribution in [2.75, 3.05) is 6.54 Å². The Balaban J connectivity index is 2.34. The minimum Gasteiger partial charge on any atom is -0.330 e. The molecule has 1 aromatic carbocycles. The van der Waals surface area contributed by atoms with E-state index in [0.717, 1.165) is 12.0 Å². The van der Waals surface area contributed by atoms with Gasteiger partial charge in [-0.1, -0.05) is 36.2 Å². The predicted molar refractivity (Wildman–Crippen MR) is 60.4 cm³/mol. The number of hydrogen-bond donors (Lipinski definition) is 1. The van der Waals surface area contributed by atoms with Crippen molar-refractivity contribution in [1.29, 1.82) is 0 Å². The molecule has 0 atom stereocenters. The highest BCUT2D eigenvalue weighted by Gasteiger charge is 2.56. The van der Waals surface area contributed by atoms with Gasteiger partial charge in [-0.2, -0.15) is 0 Å². The van der Waals surface area contributed by atoms with Crippen LogP contribution in [0.5, 0.6) is 0 Å². The third-order valence-corrected chi connectivity index (χ3v) is 3.78. The minimum absolute atomic E-state index is 0.0634. The van der Waals surface area contributed by atoms with Crippen molar-refractivity contribution in [2.24, 2.45) is 11.1 Å². The SMILES string of the molecule is Cc1ccc(C(F)(F)C2(CN)CCC2)cc1. The predicted octanol–water partition coefficient (Wildman–Crippen LogP) is 3.22. The molecule has 0 saturated heterocycles. The van der Waals surface area contributed by atoms with E-state index in [1.807, 2.05) is 6.92 Å². The second-order valence-corrected chi connectivity index (χ2v) is 4.78. The molecule has 88 valence electrons. The van der Waals surface area contributed by atoms with Crippen LogP contribution in [0.4, 0.5) is 8.78 Å². The van der Waals surface area contributed by atoms with Crippen LogP contribution in [0.1, 0.15) is 30.4 Å². The summed E-state index contributed by atoms with van der Waals surface area (Å²) in [5, 5.41) is 0. The van der Waals surface area contributed by atoms with Crippen LogP contribution in [0.2, 0.25) is 0 Å². The van der Waals surface area contributed by atoms with Crippen LogP contribution < -0.4 is 5.73 Å². The summed E-state index contributed by atoms with van der Waals surface area (Å²) >= 11 is 0. The summed E-state index contributed by atoms with van der Waals surface area (Å²) in [6.45, 7) is 1.96. The monoisotopic (exact) mass is 225 g/mol. The molecule has 3 heteroatoms. The number of aryl methyl sites for hydroxylation is 1. The average molecular weight is 225 g/mol. The van der Waals surface area contributed by atoms with E-state index in [1.165, 1.54) is 12.1 Å². The molecule has 1 saturated carbocycles. The highest BCUT2D eigenvalue weighted by Crippen LogP contribution is 2.56. The molecular formula is C13H17F2N.